The summed E-state index contributed by atoms with van der Waals surface area (Å²) in [6, 6.07) is 35.8. The van der Waals surface area contributed by atoms with E-state index < -0.39 is 8.07 Å². The first-order chi connectivity index (χ1) is 18.5. The number of rotatable bonds is 4. The van der Waals surface area contributed by atoms with Crippen molar-refractivity contribution >= 4 is 44.8 Å². The fraction of sp³-hybridized carbons (Fsp3) is 0.176. The molecule has 1 aliphatic carbocycles. The Kier molecular flexibility index (Phi) is 8.25. The third-order valence-corrected chi connectivity index (χ3v) is 10.5. The molecule has 7 rings (SSSR count). The summed E-state index contributed by atoms with van der Waals surface area (Å²) in [7, 11) is -1.39. The van der Waals surface area contributed by atoms with E-state index in [9.17, 15) is 0 Å². The second-order valence-corrected chi connectivity index (χ2v) is 16.9. The van der Waals surface area contributed by atoms with E-state index in [1.54, 1.807) is 11.4 Å². The molecule has 0 spiro atoms. The normalized spacial score (nSPS) is 13.0. The third kappa shape index (κ3) is 5.97. The molecule has 6 aromatic rings. The van der Waals surface area contributed by atoms with Gasteiger partial charge in [0.1, 0.15) is 0 Å². The predicted octanol–water partition coefficient (Wildman–Crippen LogP) is 8.89. The van der Waals surface area contributed by atoms with Crippen LogP contribution in [-0.2, 0) is 20.1 Å². The van der Waals surface area contributed by atoms with Gasteiger partial charge in [-0.05, 0) is 57.1 Å². The van der Waals surface area contributed by atoms with Crippen LogP contribution < -0.4 is 5.19 Å². The molecule has 0 amide bonds. The van der Waals surface area contributed by atoms with Crippen LogP contribution in [0.4, 0.5) is 0 Å². The molecule has 0 saturated heterocycles. The molecule has 0 aliphatic heterocycles. The van der Waals surface area contributed by atoms with Gasteiger partial charge in [-0.1, -0.05) is 67.5 Å². The molecule has 3 aromatic heterocycles. The zero-order chi connectivity index (χ0) is 26.1. The molecule has 1 radical (unpaired) electrons. The molecule has 39 heavy (non-hydrogen) atoms. The van der Waals surface area contributed by atoms with Crippen molar-refractivity contribution in [2.45, 2.75) is 38.4 Å². The molecular weight excluding hydrogens is 689 g/mol. The third-order valence-electron chi connectivity index (χ3n) is 7.01. The van der Waals surface area contributed by atoms with Crippen LogP contribution >= 0.6 is 11.3 Å². The average molecular weight is 719 g/mol. The summed E-state index contributed by atoms with van der Waals surface area (Å²) in [5, 5.41) is 4.28. The molecule has 3 aromatic carbocycles. The van der Waals surface area contributed by atoms with Gasteiger partial charge < -0.3 is 9.97 Å². The maximum absolute atomic E-state index is 4.79. The summed E-state index contributed by atoms with van der Waals surface area (Å²) in [4.78, 5) is 9.00. The van der Waals surface area contributed by atoms with Gasteiger partial charge in [0.2, 0.25) is 0 Å². The molecule has 5 heteroatoms. The van der Waals surface area contributed by atoms with Crippen molar-refractivity contribution in [3.8, 4) is 22.5 Å². The number of benzene rings is 3. The van der Waals surface area contributed by atoms with Crippen LogP contribution in [0.5, 0.6) is 0 Å². The quantitative estimate of drug-likeness (QED) is 0.135. The van der Waals surface area contributed by atoms with E-state index in [1.807, 2.05) is 53.8 Å². The summed E-state index contributed by atoms with van der Waals surface area (Å²) in [6.07, 6.45) is 6.49. The molecule has 0 atom stereocenters. The van der Waals surface area contributed by atoms with Crippen LogP contribution in [0, 0.1) is 12.1 Å². The fourth-order valence-electron chi connectivity index (χ4n) is 4.83. The van der Waals surface area contributed by atoms with Gasteiger partial charge in [-0.15, -0.1) is 59.7 Å². The van der Waals surface area contributed by atoms with E-state index in [2.05, 4.69) is 85.4 Å². The van der Waals surface area contributed by atoms with E-state index in [0.29, 0.717) is 0 Å². The van der Waals surface area contributed by atoms with Crippen LogP contribution in [0.2, 0.25) is 19.6 Å². The van der Waals surface area contributed by atoms with Gasteiger partial charge in [0.25, 0.3) is 0 Å². The summed E-state index contributed by atoms with van der Waals surface area (Å²) < 4.78 is 2.77. The maximum atomic E-state index is 4.79. The predicted molar refractivity (Wildman–Crippen MR) is 165 cm³/mol. The summed E-state index contributed by atoms with van der Waals surface area (Å²) in [5.41, 5.74) is 5.59. The van der Waals surface area contributed by atoms with Crippen molar-refractivity contribution in [2.75, 3.05) is 0 Å². The number of aromatic nitrogens is 2. The van der Waals surface area contributed by atoms with Gasteiger partial charge in [0, 0.05) is 37.2 Å². The van der Waals surface area contributed by atoms with Gasteiger partial charge in [-0.25, -0.2) is 0 Å². The maximum Gasteiger partial charge on any atom is 0.0794 e. The molecular formula is C34H30IrN2SSi-2. The Hall–Kier alpha value is -2.95. The molecule has 1 fully saturated rings. The fourth-order valence-corrected chi connectivity index (χ4v) is 8.54. The first kappa shape index (κ1) is 27.6. The molecule has 1 aliphatic rings. The second kappa shape index (κ2) is 11.7. The van der Waals surface area contributed by atoms with Gasteiger partial charge in [-0.3, -0.25) is 0 Å². The molecule has 0 unspecified atom stereocenters. The molecule has 3 heterocycles. The van der Waals surface area contributed by atoms with Gasteiger partial charge in [0.15, 0.2) is 0 Å². The number of pyridine rings is 2. The minimum Gasteiger partial charge on any atom is -0.305 e. The van der Waals surface area contributed by atoms with E-state index in [0.717, 1.165) is 28.4 Å². The average Bonchev–Trinajstić information content (AvgIpc) is 3.74. The second-order valence-electron chi connectivity index (χ2n) is 10.9. The number of hydrogen-bond acceptors (Lipinski definition) is 3. The Balaban J connectivity index is 0.000000200. The summed E-state index contributed by atoms with van der Waals surface area (Å²) in [6.45, 7) is 7.28. The Morgan fingerprint density at radius 2 is 1.56 bits per heavy atom. The van der Waals surface area contributed by atoms with Crippen molar-refractivity contribution in [1.29, 1.82) is 0 Å². The van der Waals surface area contributed by atoms with Gasteiger partial charge >= 0.3 is 0 Å². The topological polar surface area (TPSA) is 25.8 Å². The van der Waals surface area contributed by atoms with E-state index >= 15 is 0 Å². The molecule has 1 saturated carbocycles. The van der Waals surface area contributed by atoms with Crippen molar-refractivity contribution < 1.29 is 20.1 Å². The first-order valence-electron chi connectivity index (χ1n) is 13.2. The number of thiophene rings is 1. The van der Waals surface area contributed by atoms with Crippen LogP contribution in [0.25, 0.3) is 42.7 Å². The standard InChI is InChI=1S/C23H22NSSi.C11H8N.Ir/c1-26(2,3)21-9-5-7-18-17-6-4-8-19(22(17)25-23(18)21)20-13-12-16(14-24-20)15-10-11-15;1-2-6-10(7-3-1)11-8-4-5-9-12-11;/h4-7,9,12-15H,10-11H2,1-3H3;1-6,8-9H;/q2*-1;. The Morgan fingerprint density at radius 3 is 2.23 bits per heavy atom. The first-order valence-corrected chi connectivity index (χ1v) is 17.5. The van der Waals surface area contributed by atoms with Crippen LogP contribution in [0.1, 0.15) is 24.3 Å². The van der Waals surface area contributed by atoms with Gasteiger partial charge in [0.05, 0.1) is 8.07 Å². The van der Waals surface area contributed by atoms with Crippen molar-refractivity contribution in [1.82, 2.24) is 9.97 Å². The van der Waals surface area contributed by atoms with Crippen molar-refractivity contribution in [2.24, 2.45) is 0 Å². The smallest absolute Gasteiger partial charge is 0.0794 e. The van der Waals surface area contributed by atoms with E-state index in [1.165, 1.54) is 38.6 Å². The Labute approximate surface area is 249 Å². The number of hydrogen-bond donors (Lipinski definition) is 0. The van der Waals surface area contributed by atoms with Gasteiger partial charge in [-0.2, -0.15) is 11.3 Å². The van der Waals surface area contributed by atoms with Crippen molar-refractivity contribution in [3.05, 3.63) is 115 Å². The largest absolute Gasteiger partial charge is 0.305 e. The summed E-state index contributed by atoms with van der Waals surface area (Å²) in [5.74, 6) is 0.750. The zero-order valence-corrected chi connectivity index (χ0v) is 26.6. The van der Waals surface area contributed by atoms with E-state index in [4.69, 9.17) is 4.98 Å². The monoisotopic (exact) mass is 719 g/mol. The minimum absolute atomic E-state index is 0. The number of fused-ring (bicyclic) bond motifs is 3. The SMILES string of the molecule is C[Si](C)(C)c1cccc2c1sc1c(-c3ccc(C4CC4)cn3)[c-]ccc12.[Ir].[c-]1ccccc1-c1ccccn1. The Bertz CT molecular complexity index is 1650. The Morgan fingerprint density at radius 1 is 0.744 bits per heavy atom. The molecule has 0 bridgehead atoms. The molecule has 0 N–H and O–H groups in total. The van der Waals surface area contributed by atoms with Crippen LogP contribution in [0.15, 0.2) is 97.3 Å². The zero-order valence-electron chi connectivity index (χ0n) is 22.4. The minimum atomic E-state index is -1.39. The van der Waals surface area contributed by atoms with E-state index in [-0.39, 0.29) is 20.1 Å². The van der Waals surface area contributed by atoms with Crippen LogP contribution in [0.3, 0.4) is 0 Å². The van der Waals surface area contributed by atoms with Crippen molar-refractivity contribution in [3.63, 3.8) is 0 Å². The molecule has 2 nitrogen and oxygen atoms in total. The summed E-state index contributed by atoms with van der Waals surface area (Å²) >= 11 is 1.92. The van der Waals surface area contributed by atoms with Crippen LogP contribution in [-0.4, -0.2) is 18.0 Å². The number of nitrogens with zero attached hydrogens (tertiary/aromatic N) is 2. The molecule has 197 valence electrons.